The van der Waals surface area contributed by atoms with E-state index in [-0.39, 0.29) is 12.2 Å². The summed E-state index contributed by atoms with van der Waals surface area (Å²) in [6, 6.07) is 3.40. The first-order valence-corrected chi connectivity index (χ1v) is 5.61. The van der Waals surface area contributed by atoms with Gasteiger partial charge >= 0.3 is 0 Å². The first kappa shape index (κ1) is 13.8. The van der Waals surface area contributed by atoms with Gasteiger partial charge in [0.2, 0.25) is 0 Å². The third-order valence-corrected chi connectivity index (χ3v) is 2.47. The number of carbonyl (C=O) groups is 1. The van der Waals surface area contributed by atoms with E-state index in [1.54, 1.807) is 0 Å². The third-order valence-electron chi connectivity index (χ3n) is 2.47. The number of nitrogen functional groups attached to an aromatic ring is 1. The van der Waals surface area contributed by atoms with Gasteiger partial charge in [0.25, 0.3) is 5.91 Å². The summed E-state index contributed by atoms with van der Waals surface area (Å²) in [5.74, 6) is 3.06. The summed E-state index contributed by atoms with van der Waals surface area (Å²) in [6.45, 7) is 0.0502. The molecule has 0 atom stereocenters. The van der Waals surface area contributed by atoms with E-state index in [1.807, 2.05) is 0 Å². The van der Waals surface area contributed by atoms with Gasteiger partial charge in [0.1, 0.15) is 5.69 Å². The second-order valence-electron chi connectivity index (χ2n) is 3.86. The van der Waals surface area contributed by atoms with E-state index in [0.717, 1.165) is 12.1 Å². The van der Waals surface area contributed by atoms with E-state index in [9.17, 15) is 13.6 Å². The summed E-state index contributed by atoms with van der Waals surface area (Å²) in [4.78, 5) is 19.4. The normalized spacial score (nSPS) is 10.2. The minimum absolute atomic E-state index is 0.0502. The lowest BCUT2D eigenvalue weighted by molar-refractivity contribution is 0.0945. The van der Waals surface area contributed by atoms with Crippen molar-refractivity contribution in [3.05, 3.63) is 53.5 Å². The second kappa shape index (κ2) is 6.02. The van der Waals surface area contributed by atoms with Crippen LogP contribution in [0.25, 0.3) is 0 Å². The SMILES string of the molecule is NNc1cnc(C(=O)NCc2ccc(F)c(F)c2)cn1. The molecule has 0 saturated carbocycles. The molecule has 1 aromatic carbocycles. The molecule has 0 spiro atoms. The molecule has 20 heavy (non-hydrogen) atoms. The Labute approximate surface area is 113 Å². The lowest BCUT2D eigenvalue weighted by Crippen LogP contribution is -2.24. The first-order valence-electron chi connectivity index (χ1n) is 5.61. The molecule has 8 heteroatoms. The van der Waals surface area contributed by atoms with E-state index < -0.39 is 17.5 Å². The van der Waals surface area contributed by atoms with Crippen LogP contribution in [0.1, 0.15) is 16.1 Å². The van der Waals surface area contributed by atoms with Crippen molar-refractivity contribution in [1.29, 1.82) is 0 Å². The fourth-order valence-corrected chi connectivity index (χ4v) is 1.44. The molecule has 0 aliphatic rings. The summed E-state index contributed by atoms with van der Waals surface area (Å²) in [7, 11) is 0. The van der Waals surface area contributed by atoms with Crippen LogP contribution >= 0.6 is 0 Å². The molecule has 4 N–H and O–H groups in total. The number of nitrogens with two attached hydrogens (primary N) is 1. The van der Waals surface area contributed by atoms with Crippen molar-refractivity contribution < 1.29 is 13.6 Å². The molecule has 6 nitrogen and oxygen atoms in total. The van der Waals surface area contributed by atoms with Gasteiger partial charge in [0, 0.05) is 6.54 Å². The molecule has 0 fully saturated rings. The summed E-state index contributed by atoms with van der Waals surface area (Å²) in [5.41, 5.74) is 2.80. The smallest absolute Gasteiger partial charge is 0.271 e. The molecule has 0 aliphatic carbocycles. The molecule has 0 aliphatic heterocycles. The van der Waals surface area contributed by atoms with Gasteiger partial charge in [-0.2, -0.15) is 0 Å². The minimum Gasteiger partial charge on any atom is -0.347 e. The Morgan fingerprint density at radius 1 is 1.20 bits per heavy atom. The van der Waals surface area contributed by atoms with Crippen molar-refractivity contribution in [1.82, 2.24) is 15.3 Å². The van der Waals surface area contributed by atoms with E-state index in [1.165, 1.54) is 18.5 Å². The van der Waals surface area contributed by atoms with Gasteiger partial charge in [-0.15, -0.1) is 0 Å². The van der Waals surface area contributed by atoms with E-state index >= 15 is 0 Å². The number of halogens is 2. The Hall–Kier alpha value is -2.61. The van der Waals surface area contributed by atoms with Crippen molar-refractivity contribution in [2.45, 2.75) is 6.54 Å². The second-order valence-corrected chi connectivity index (χ2v) is 3.86. The Balaban J connectivity index is 1.98. The molecule has 0 bridgehead atoms. The largest absolute Gasteiger partial charge is 0.347 e. The molecular weight excluding hydrogens is 268 g/mol. The zero-order valence-electron chi connectivity index (χ0n) is 10.2. The Bertz CT molecular complexity index is 618. The van der Waals surface area contributed by atoms with Crippen LogP contribution in [-0.2, 0) is 6.54 Å². The third kappa shape index (κ3) is 3.23. The number of hydrogen-bond acceptors (Lipinski definition) is 5. The number of hydrazine groups is 1. The zero-order valence-corrected chi connectivity index (χ0v) is 10.2. The maximum absolute atomic E-state index is 13.0. The number of hydrogen-bond donors (Lipinski definition) is 3. The predicted octanol–water partition coefficient (Wildman–Crippen LogP) is 0.970. The highest BCUT2D eigenvalue weighted by atomic mass is 19.2. The van der Waals surface area contributed by atoms with Crippen LogP contribution in [0.4, 0.5) is 14.6 Å². The highest BCUT2D eigenvalue weighted by Gasteiger charge is 2.08. The maximum atomic E-state index is 13.0. The van der Waals surface area contributed by atoms with Gasteiger partial charge in [-0.3, -0.25) is 4.79 Å². The van der Waals surface area contributed by atoms with Gasteiger partial charge in [0.15, 0.2) is 17.5 Å². The molecule has 1 amide bonds. The predicted molar refractivity (Wildman–Crippen MR) is 67.4 cm³/mol. The summed E-state index contributed by atoms with van der Waals surface area (Å²) >= 11 is 0. The fraction of sp³-hybridized carbons (Fsp3) is 0.0833. The Kier molecular flexibility index (Phi) is 4.16. The topological polar surface area (TPSA) is 92.9 Å². The van der Waals surface area contributed by atoms with Crippen molar-refractivity contribution >= 4 is 11.7 Å². The van der Waals surface area contributed by atoms with Crippen LogP contribution in [0, 0.1) is 11.6 Å². The van der Waals surface area contributed by atoms with Crippen molar-refractivity contribution in [2.24, 2.45) is 5.84 Å². The van der Waals surface area contributed by atoms with Crippen LogP contribution in [0.2, 0.25) is 0 Å². The maximum Gasteiger partial charge on any atom is 0.271 e. The van der Waals surface area contributed by atoms with Gasteiger partial charge in [-0.1, -0.05) is 6.07 Å². The van der Waals surface area contributed by atoms with Crippen LogP contribution in [0.15, 0.2) is 30.6 Å². The van der Waals surface area contributed by atoms with Gasteiger partial charge in [0.05, 0.1) is 12.4 Å². The van der Waals surface area contributed by atoms with Gasteiger partial charge < -0.3 is 10.7 Å². The zero-order chi connectivity index (χ0) is 14.5. The average molecular weight is 279 g/mol. The Morgan fingerprint density at radius 2 is 2.00 bits per heavy atom. The molecule has 1 heterocycles. The summed E-state index contributed by atoms with van der Waals surface area (Å²) in [6.07, 6.45) is 2.54. The lowest BCUT2D eigenvalue weighted by atomic mass is 10.2. The number of anilines is 1. The number of nitrogens with zero attached hydrogens (tertiary/aromatic N) is 2. The van der Waals surface area contributed by atoms with Gasteiger partial charge in [-0.25, -0.2) is 24.6 Å². The summed E-state index contributed by atoms with van der Waals surface area (Å²) in [5, 5.41) is 2.52. The van der Waals surface area contributed by atoms with E-state index in [2.05, 4.69) is 20.7 Å². The van der Waals surface area contributed by atoms with Gasteiger partial charge in [-0.05, 0) is 17.7 Å². The Morgan fingerprint density at radius 3 is 2.60 bits per heavy atom. The van der Waals surface area contributed by atoms with Crippen molar-refractivity contribution in [3.63, 3.8) is 0 Å². The van der Waals surface area contributed by atoms with Crippen molar-refractivity contribution in [3.8, 4) is 0 Å². The molecule has 0 saturated heterocycles. The molecule has 104 valence electrons. The van der Waals surface area contributed by atoms with E-state index in [4.69, 9.17) is 5.84 Å². The molecule has 0 unspecified atom stereocenters. The number of carbonyl (C=O) groups excluding carboxylic acids is 1. The van der Waals surface area contributed by atoms with Crippen LogP contribution < -0.4 is 16.6 Å². The monoisotopic (exact) mass is 279 g/mol. The standard InChI is InChI=1S/C12H11F2N5O/c13-8-2-1-7(3-9(8)14)4-18-12(20)10-5-17-11(19-15)6-16-10/h1-3,5-6H,4,15H2,(H,17,19)(H,18,20). The number of amides is 1. The number of aromatic nitrogens is 2. The van der Waals surface area contributed by atoms with Crippen LogP contribution in [0.3, 0.4) is 0 Å². The molecule has 1 aromatic heterocycles. The van der Waals surface area contributed by atoms with Crippen molar-refractivity contribution in [2.75, 3.05) is 5.43 Å². The average Bonchev–Trinajstić information content (AvgIpc) is 2.48. The molecule has 2 rings (SSSR count). The number of benzene rings is 1. The van der Waals surface area contributed by atoms with Crippen LogP contribution in [-0.4, -0.2) is 15.9 Å². The number of rotatable bonds is 4. The van der Waals surface area contributed by atoms with Crippen LogP contribution in [0.5, 0.6) is 0 Å². The number of nitrogens with one attached hydrogen (secondary N) is 2. The first-order chi connectivity index (χ1) is 9.60. The minimum atomic E-state index is -0.963. The quantitative estimate of drug-likeness (QED) is 0.573. The highest BCUT2D eigenvalue weighted by Crippen LogP contribution is 2.08. The molecule has 2 aromatic rings. The lowest BCUT2D eigenvalue weighted by Gasteiger charge is -2.05. The molecular formula is C12H11F2N5O. The van der Waals surface area contributed by atoms with E-state index in [0.29, 0.717) is 11.4 Å². The fourth-order valence-electron chi connectivity index (χ4n) is 1.44. The molecule has 0 radical (unpaired) electrons. The summed E-state index contributed by atoms with van der Waals surface area (Å²) < 4.78 is 25.7. The highest BCUT2D eigenvalue weighted by molar-refractivity contribution is 5.91.